The van der Waals surface area contributed by atoms with Crippen LogP contribution in [0.25, 0.3) is 0 Å². The van der Waals surface area contributed by atoms with Crippen LogP contribution in [0.5, 0.6) is 5.75 Å². The number of hydrogen-bond acceptors (Lipinski definition) is 6. The number of rotatable bonds is 11. The zero-order chi connectivity index (χ0) is 24.6. The first kappa shape index (κ1) is 26.2. The average Bonchev–Trinajstić information content (AvgIpc) is 2.87. The van der Waals surface area contributed by atoms with E-state index in [0.29, 0.717) is 12.1 Å². The van der Waals surface area contributed by atoms with E-state index in [9.17, 15) is 13.2 Å². The van der Waals surface area contributed by atoms with Crippen LogP contribution in [-0.4, -0.2) is 88.4 Å². The number of ether oxygens (including phenoxy) is 1. The molecule has 1 saturated heterocycles. The highest BCUT2D eigenvalue weighted by Gasteiger charge is 2.26. The van der Waals surface area contributed by atoms with Gasteiger partial charge < -0.3 is 19.9 Å². The van der Waals surface area contributed by atoms with Crippen molar-refractivity contribution >= 4 is 15.9 Å². The van der Waals surface area contributed by atoms with Gasteiger partial charge in [-0.15, -0.1) is 0 Å². The molecule has 0 aliphatic carbocycles. The number of carbonyl (C=O) groups is 1. The number of nitrogens with zero attached hydrogens (tertiary/aromatic N) is 3. The molecule has 1 amide bonds. The molecule has 0 aromatic heterocycles. The van der Waals surface area contributed by atoms with E-state index in [4.69, 9.17) is 4.74 Å². The Hall–Kier alpha value is -2.46. The molecule has 0 unspecified atom stereocenters. The van der Waals surface area contributed by atoms with E-state index in [1.54, 1.807) is 6.07 Å². The normalized spacial score (nSPS) is 15.4. The maximum absolute atomic E-state index is 13.3. The molecule has 2 aromatic carbocycles. The van der Waals surface area contributed by atoms with Gasteiger partial charge in [-0.25, -0.2) is 8.42 Å². The zero-order valence-corrected chi connectivity index (χ0v) is 21.2. The van der Waals surface area contributed by atoms with Crippen LogP contribution >= 0.6 is 0 Å². The number of hydrogen-bond donors (Lipinski definition) is 1. The molecule has 0 spiro atoms. The van der Waals surface area contributed by atoms with Crippen molar-refractivity contribution in [2.24, 2.45) is 0 Å². The Labute approximate surface area is 203 Å². The number of benzene rings is 2. The van der Waals surface area contributed by atoms with Gasteiger partial charge in [0.1, 0.15) is 10.6 Å². The second kappa shape index (κ2) is 12.3. The molecule has 1 fully saturated rings. The monoisotopic (exact) mass is 488 g/mol. The molecule has 3 rings (SSSR count). The Morgan fingerprint density at radius 2 is 1.74 bits per heavy atom. The molecule has 1 aliphatic heterocycles. The molecular formula is C25H36N4O4S. The number of amides is 1. The van der Waals surface area contributed by atoms with Gasteiger partial charge in [-0.1, -0.05) is 37.3 Å². The Balaban J connectivity index is 1.60. The van der Waals surface area contributed by atoms with Crippen LogP contribution < -0.4 is 10.1 Å². The quantitative estimate of drug-likeness (QED) is 0.489. The Morgan fingerprint density at radius 1 is 1.06 bits per heavy atom. The molecule has 1 aliphatic rings. The third-order valence-electron chi connectivity index (χ3n) is 6.21. The number of carbonyl (C=O) groups excluding carboxylic acids is 1. The number of likely N-dealkylation sites (N-methyl/N-ethyl adjacent to an activating group) is 1. The maximum atomic E-state index is 13.3. The number of piperazine rings is 1. The molecule has 8 nitrogen and oxygen atoms in total. The van der Waals surface area contributed by atoms with Crippen LogP contribution in [0.2, 0.25) is 0 Å². The number of methoxy groups -OCH3 is 1. The van der Waals surface area contributed by atoms with Gasteiger partial charge in [0.2, 0.25) is 10.0 Å². The summed E-state index contributed by atoms with van der Waals surface area (Å²) in [5, 5.41) is 2.92. The van der Waals surface area contributed by atoms with Crippen molar-refractivity contribution in [2.75, 3.05) is 60.0 Å². The lowest BCUT2D eigenvalue weighted by Gasteiger charge is -2.33. The van der Waals surface area contributed by atoms with Gasteiger partial charge in [-0.2, -0.15) is 4.31 Å². The summed E-state index contributed by atoms with van der Waals surface area (Å²) in [6.45, 7) is 9.24. The molecule has 1 heterocycles. The molecule has 9 heteroatoms. The summed E-state index contributed by atoms with van der Waals surface area (Å²) in [4.78, 5) is 17.6. The van der Waals surface area contributed by atoms with E-state index in [1.807, 2.05) is 30.3 Å². The van der Waals surface area contributed by atoms with Gasteiger partial charge in [0, 0.05) is 51.9 Å². The van der Waals surface area contributed by atoms with Gasteiger partial charge in [-0.05, 0) is 43.3 Å². The standard InChI is InChI=1S/C25H36N4O4S/c1-4-28-15-17-29(18-16-28)14-8-13-26-25(30)22-11-12-23(33-3)24(19-22)34(31,32)27(2)20-21-9-6-5-7-10-21/h5-7,9-12,19H,4,8,13-18,20H2,1-3H3,(H,26,30). The Kier molecular flexibility index (Phi) is 9.46. The Bertz CT molecular complexity index is 1040. The van der Waals surface area contributed by atoms with Crippen molar-refractivity contribution in [1.29, 1.82) is 0 Å². The fourth-order valence-electron chi connectivity index (χ4n) is 4.05. The summed E-state index contributed by atoms with van der Waals surface area (Å²) >= 11 is 0. The van der Waals surface area contributed by atoms with E-state index < -0.39 is 10.0 Å². The van der Waals surface area contributed by atoms with Crippen LogP contribution in [0.3, 0.4) is 0 Å². The minimum Gasteiger partial charge on any atom is -0.495 e. The molecule has 2 aromatic rings. The molecular weight excluding hydrogens is 452 g/mol. The van der Waals surface area contributed by atoms with E-state index in [2.05, 4.69) is 22.0 Å². The second-order valence-electron chi connectivity index (χ2n) is 8.50. The highest BCUT2D eigenvalue weighted by atomic mass is 32.2. The first-order chi connectivity index (χ1) is 16.3. The van der Waals surface area contributed by atoms with Crippen LogP contribution in [0, 0.1) is 0 Å². The predicted molar refractivity (Wildman–Crippen MR) is 134 cm³/mol. The van der Waals surface area contributed by atoms with Crippen LogP contribution in [0.4, 0.5) is 0 Å². The van der Waals surface area contributed by atoms with Crippen molar-refractivity contribution in [2.45, 2.75) is 24.8 Å². The first-order valence-corrected chi connectivity index (χ1v) is 13.2. The summed E-state index contributed by atoms with van der Waals surface area (Å²) in [7, 11) is -0.920. The molecule has 0 atom stereocenters. The van der Waals surface area contributed by atoms with Crippen molar-refractivity contribution in [3.8, 4) is 5.75 Å². The van der Waals surface area contributed by atoms with E-state index in [1.165, 1.54) is 30.6 Å². The minimum atomic E-state index is -3.86. The summed E-state index contributed by atoms with van der Waals surface area (Å²) in [6.07, 6.45) is 0.846. The van der Waals surface area contributed by atoms with E-state index >= 15 is 0 Å². The van der Waals surface area contributed by atoms with Crippen molar-refractivity contribution in [1.82, 2.24) is 19.4 Å². The van der Waals surface area contributed by atoms with Crippen LogP contribution in [-0.2, 0) is 16.6 Å². The molecule has 34 heavy (non-hydrogen) atoms. The third kappa shape index (κ3) is 6.79. The lowest BCUT2D eigenvalue weighted by Crippen LogP contribution is -2.46. The van der Waals surface area contributed by atoms with Gasteiger partial charge >= 0.3 is 0 Å². The minimum absolute atomic E-state index is 0.0186. The smallest absolute Gasteiger partial charge is 0.251 e. The summed E-state index contributed by atoms with van der Waals surface area (Å²) in [5.41, 5.74) is 1.17. The van der Waals surface area contributed by atoms with Crippen molar-refractivity contribution < 1.29 is 17.9 Å². The molecule has 1 N–H and O–H groups in total. The summed E-state index contributed by atoms with van der Waals surface area (Å²) in [6, 6.07) is 13.9. The number of nitrogens with one attached hydrogen (secondary N) is 1. The summed E-state index contributed by atoms with van der Waals surface area (Å²) < 4.78 is 33.1. The highest BCUT2D eigenvalue weighted by Crippen LogP contribution is 2.28. The maximum Gasteiger partial charge on any atom is 0.251 e. The molecule has 0 radical (unpaired) electrons. The first-order valence-electron chi connectivity index (χ1n) is 11.8. The largest absolute Gasteiger partial charge is 0.495 e. The fourth-order valence-corrected chi connectivity index (χ4v) is 5.39. The SMILES string of the molecule is CCN1CCN(CCCNC(=O)c2ccc(OC)c(S(=O)(=O)N(C)Cc3ccccc3)c2)CC1. The van der Waals surface area contributed by atoms with Gasteiger partial charge in [0.15, 0.2) is 0 Å². The topological polar surface area (TPSA) is 82.2 Å². The Morgan fingerprint density at radius 3 is 2.38 bits per heavy atom. The average molecular weight is 489 g/mol. The lowest BCUT2D eigenvalue weighted by atomic mass is 10.2. The van der Waals surface area contributed by atoms with E-state index in [-0.39, 0.29) is 23.1 Å². The zero-order valence-electron chi connectivity index (χ0n) is 20.4. The van der Waals surface area contributed by atoms with Gasteiger partial charge in [0.05, 0.1) is 7.11 Å². The van der Waals surface area contributed by atoms with E-state index in [0.717, 1.165) is 51.3 Å². The highest BCUT2D eigenvalue weighted by molar-refractivity contribution is 7.89. The van der Waals surface area contributed by atoms with Gasteiger partial charge in [0.25, 0.3) is 5.91 Å². The molecule has 0 bridgehead atoms. The predicted octanol–water partition coefficient (Wildman–Crippen LogP) is 2.27. The van der Waals surface area contributed by atoms with Crippen molar-refractivity contribution in [3.63, 3.8) is 0 Å². The molecule has 0 saturated carbocycles. The summed E-state index contributed by atoms with van der Waals surface area (Å²) in [5.74, 6) is -0.0803. The number of sulfonamides is 1. The van der Waals surface area contributed by atoms with Crippen LogP contribution in [0.1, 0.15) is 29.3 Å². The van der Waals surface area contributed by atoms with Crippen LogP contribution in [0.15, 0.2) is 53.4 Å². The fraction of sp³-hybridized carbons (Fsp3) is 0.480. The third-order valence-corrected chi connectivity index (χ3v) is 8.04. The molecule has 186 valence electrons. The van der Waals surface area contributed by atoms with Gasteiger partial charge in [-0.3, -0.25) is 4.79 Å². The second-order valence-corrected chi connectivity index (χ2v) is 10.5. The van der Waals surface area contributed by atoms with Crippen molar-refractivity contribution in [3.05, 3.63) is 59.7 Å². The lowest BCUT2D eigenvalue weighted by molar-refractivity contribution is 0.0948.